The molecule has 1 N–H and O–H groups in total. The van der Waals surface area contributed by atoms with Crippen LogP contribution in [-0.4, -0.2) is 52.8 Å². The minimum atomic E-state index is -0.0735. The third-order valence-corrected chi connectivity index (χ3v) is 4.33. The summed E-state index contributed by atoms with van der Waals surface area (Å²) in [5.41, 5.74) is 1.62. The van der Waals surface area contributed by atoms with Crippen molar-refractivity contribution in [3.63, 3.8) is 0 Å². The molecule has 2 aromatic carbocycles. The Morgan fingerprint density at radius 1 is 0.893 bits per heavy atom. The summed E-state index contributed by atoms with van der Waals surface area (Å²) in [6.07, 6.45) is 0.351. The Labute approximate surface area is 166 Å². The lowest BCUT2D eigenvalue weighted by molar-refractivity contribution is -0.116. The fraction of sp³-hybridized carbons (Fsp3) is 0.381. The lowest BCUT2D eigenvalue weighted by atomic mass is 10.1. The van der Waals surface area contributed by atoms with Gasteiger partial charge < -0.3 is 29.2 Å². The highest BCUT2D eigenvalue weighted by Crippen LogP contribution is 2.40. The van der Waals surface area contributed by atoms with Crippen LogP contribution in [0, 0.1) is 0 Å². The Morgan fingerprint density at radius 2 is 1.57 bits per heavy atom. The van der Waals surface area contributed by atoms with Gasteiger partial charge in [-0.1, -0.05) is 18.2 Å². The molecule has 0 saturated heterocycles. The number of benzene rings is 2. The van der Waals surface area contributed by atoms with E-state index in [-0.39, 0.29) is 5.91 Å². The second-order valence-electron chi connectivity index (χ2n) is 6.23. The molecule has 28 heavy (non-hydrogen) atoms. The maximum atomic E-state index is 12.3. The predicted molar refractivity (Wildman–Crippen MR) is 109 cm³/mol. The van der Waals surface area contributed by atoms with E-state index in [1.165, 1.54) is 0 Å². The second-order valence-corrected chi connectivity index (χ2v) is 6.23. The highest BCUT2D eigenvalue weighted by molar-refractivity contribution is 5.92. The standard InChI is InChI=1S/C21H28N2O5/c1-23(13-12-19(24)22-16-8-6-7-9-17(16)25-2)14-15-10-11-18(26-3)21(28-5)20(15)27-4/h6-11H,12-14H2,1-5H3,(H,22,24). The van der Waals surface area contributed by atoms with Gasteiger partial charge in [-0.15, -0.1) is 0 Å². The molecule has 0 aliphatic carbocycles. The van der Waals surface area contributed by atoms with Gasteiger partial charge in [-0.3, -0.25) is 4.79 Å². The zero-order valence-electron chi connectivity index (χ0n) is 17.1. The van der Waals surface area contributed by atoms with Crippen molar-refractivity contribution in [1.29, 1.82) is 0 Å². The minimum Gasteiger partial charge on any atom is -0.495 e. The van der Waals surface area contributed by atoms with Crippen LogP contribution < -0.4 is 24.3 Å². The van der Waals surface area contributed by atoms with Crippen LogP contribution in [0.3, 0.4) is 0 Å². The van der Waals surface area contributed by atoms with Crippen LogP contribution in [-0.2, 0) is 11.3 Å². The van der Waals surface area contributed by atoms with Crippen LogP contribution in [0.1, 0.15) is 12.0 Å². The SMILES string of the molecule is COc1ccccc1NC(=O)CCN(C)Cc1ccc(OC)c(OC)c1OC. The Kier molecular flexibility index (Phi) is 7.95. The van der Waals surface area contributed by atoms with Gasteiger partial charge in [0.25, 0.3) is 0 Å². The number of methoxy groups -OCH3 is 4. The molecule has 2 aromatic rings. The number of ether oxygens (including phenoxy) is 4. The molecule has 0 atom stereocenters. The molecule has 0 fully saturated rings. The third-order valence-electron chi connectivity index (χ3n) is 4.33. The fourth-order valence-corrected chi connectivity index (χ4v) is 2.91. The lowest BCUT2D eigenvalue weighted by Gasteiger charge is -2.20. The van der Waals surface area contributed by atoms with Crippen molar-refractivity contribution in [2.75, 3.05) is 47.3 Å². The van der Waals surface area contributed by atoms with Gasteiger partial charge in [-0.25, -0.2) is 0 Å². The van der Waals surface area contributed by atoms with Gasteiger partial charge in [0.2, 0.25) is 11.7 Å². The topological polar surface area (TPSA) is 69.3 Å². The molecule has 0 aliphatic heterocycles. The number of amides is 1. The molecule has 0 aliphatic rings. The Bertz CT molecular complexity index is 794. The molecule has 0 radical (unpaired) electrons. The van der Waals surface area contributed by atoms with Crippen LogP contribution in [0.2, 0.25) is 0 Å². The molecule has 152 valence electrons. The van der Waals surface area contributed by atoms with Crippen LogP contribution in [0.25, 0.3) is 0 Å². The van der Waals surface area contributed by atoms with E-state index < -0.39 is 0 Å². The number of hydrogen-bond donors (Lipinski definition) is 1. The number of nitrogens with zero attached hydrogens (tertiary/aromatic N) is 1. The van der Waals surface area contributed by atoms with Gasteiger partial charge in [0.15, 0.2) is 11.5 Å². The number of carbonyl (C=O) groups is 1. The smallest absolute Gasteiger partial charge is 0.225 e. The molecule has 0 heterocycles. The molecule has 0 aromatic heterocycles. The van der Waals surface area contributed by atoms with E-state index in [1.807, 2.05) is 48.3 Å². The van der Waals surface area contributed by atoms with E-state index >= 15 is 0 Å². The zero-order valence-corrected chi connectivity index (χ0v) is 17.1. The van der Waals surface area contributed by atoms with E-state index in [1.54, 1.807) is 28.4 Å². The number of hydrogen-bond acceptors (Lipinski definition) is 6. The Balaban J connectivity index is 1.97. The molecule has 0 bridgehead atoms. The van der Waals surface area contributed by atoms with Crippen molar-refractivity contribution in [3.05, 3.63) is 42.0 Å². The van der Waals surface area contributed by atoms with Crippen molar-refractivity contribution in [2.45, 2.75) is 13.0 Å². The van der Waals surface area contributed by atoms with Crippen LogP contribution in [0.5, 0.6) is 23.0 Å². The summed E-state index contributed by atoms with van der Waals surface area (Å²) < 4.78 is 21.5. The number of rotatable bonds is 10. The quantitative estimate of drug-likeness (QED) is 0.674. The Hall–Kier alpha value is -2.93. The van der Waals surface area contributed by atoms with Crippen molar-refractivity contribution in [3.8, 4) is 23.0 Å². The average molecular weight is 388 g/mol. The van der Waals surface area contributed by atoms with Crippen molar-refractivity contribution >= 4 is 11.6 Å². The van der Waals surface area contributed by atoms with Gasteiger partial charge in [0.05, 0.1) is 34.1 Å². The van der Waals surface area contributed by atoms with Crippen molar-refractivity contribution < 1.29 is 23.7 Å². The van der Waals surface area contributed by atoms with Gasteiger partial charge >= 0.3 is 0 Å². The van der Waals surface area contributed by atoms with Crippen LogP contribution in [0.4, 0.5) is 5.69 Å². The van der Waals surface area contributed by atoms with E-state index in [0.29, 0.717) is 48.2 Å². The molecular formula is C21H28N2O5. The molecular weight excluding hydrogens is 360 g/mol. The number of anilines is 1. The summed E-state index contributed by atoms with van der Waals surface area (Å²) >= 11 is 0. The van der Waals surface area contributed by atoms with Crippen LogP contribution in [0.15, 0.2) is 36.4 Å². The predicted octanol–water partition coefficient (Wildman–Crippen LogP) is 3.18. The normalized spacial score (nSPS) is 10.5. The molecule has 0 unspecified atom stereocenters. The van der Waals surface area contributed by atoms with E-state index in [4.69, 9.17) is 18.9 Å². The minimum absolute atomic E-state index is 0.0735. The molecule has 7 heteroatoms. The number of carbonyl (C=O) groups excluding carboxylic acids is 1. The zero-order chi connectivity index (χ0) is 20.5. The first kappa shape index (κ1) is 21.4. The molecule has 0 saturated carbocycles. The average Bonchev–Trinajstić information content (AvgIpc) is 2.72. The van der Waals surface area contributed by atoms with Gasteiger partial charge in [0.1, 0.15) is 5.75 Å². The van der Waals surface area contributed by atoms with E-state index in [0.717, 1.165) is 5.56 Å². The highest BCUT2D eigenvalue weighted by Gasteiger charge is 2.17. The molecule has 0 spiro atoms. The van der Waals surface area contributed by atoms with Gasteiger partial charge in [-0.05, 0) is 25.2 Å². The van der Waals surface area contributed by atoms with Crippen molar-refractivity contribution in [1.82, 2.24) is 4.90 Å². The summed E-state index contributed by atoms with van der Waals surface area (Å²) in [7, 11) is 8.29. The first-order chi connectivity index (χ1) is 13.5. The largest absolute Gasteiger partial charge is 0.495 e. The lowest BCUT2D eigenvalue weighted by Crippen LogP contribution is -2.24. The van der Waals surface area contributed by atoms with Crippen molar-refractivity contribution in [2.24, 2.45) is 0 Å². The fourth-order valence-electron chi connectivity index (χ4n) is 2.91. The number of para-hydroxylation sites is 2. The monoisotopic (exact) mass is 388 g/mol. The summed E-state index contributed by atoms with van der Waals surface area (Å²) in [4.78, 5) is 14.3. The van der Waals surface area contributed by atoms with E-state index in [2.05, 4.69) is 5.32 Å². The third kappa shape index (κ3) is 5.29. The Morgan fingerprint density at radius 3 is 2.21 bits per heavy atom. The first-order valence-corrected chi connectivity index (χ1v) is 8.93. The maximum Gasteiger partial charge on any atom is 0.225 e. The second kappa shape index (κ2) is 10.4. The maximum absolute atomic E-state index is 12.3. The number of nitrogens with one attached hydrogen (secondary N) is 1. The molecule has 7 nitrogen and oxygen atoms in total. The molecule has 1 amide bonds. The van der Waals surface area contributed by atoms with E-state index in [9.17, 15) is 4.79 Å². The van der Waals surface area contributed by atoms with Crippen LogP contribution >= 0.6 is 0 Å². The van der Waals surface area contributed by atoms with Gasteiger partial charge in [-0.2, -0.15) is 0 Å². The molecule has 2 rings (SSSR count). The highest BCUT2D eigenvalue weighted by atomic mass is 16.5. The summed E-state index contributed by atoms with van der Waals surface area (Å²) in [6, 6.07) is 11.1. The first-order valence-electron chi connectivity index (χ1n) is 8.93. The summed E-state index contributed by atoms with van der Waals surface area (Å²) in [5, 5.41) is 2.88. The summed E-state index contributed by atoms with van der Waals surface area (Å²) in [6.45, 7) is 1.18. The summed E-state index contributed by atoms with van der Waals surface area (Å²) in [5.74, 6) is 2.37. The van der Waals surface area contributed by atoms with Gasteiger partial charge in [0, 0.05) is 25.1 Å².